The highest BCUT2D eigenvalue weighted by molar-refractivity contribution is 5.97. The molecular weight excluding hydrogens is 320 g/mol. The van der Waals surface area contributed by atoms with Crippen LogP contribution in [0.5, 0.6) is 0 Å². The maximum atomic E-state index is 12.4. The molecule has 1 aliphatic rings. The van der Waals surface area contributed by atoms with Crippen molar-refractivity contribution in [3.8, 4) is 0 Å². The Bertz CT molecular complexity index is 622. The summed E-state index contributed by atoms with van der Waals surface area (Å²) in [6.07, 6.45) is 3.39. The molecule has 0 saturated carbocycles. The fourth-order valence-corrected chi connectivity index (χ4v) is 2.91. The minimum atomic E-state index is -0.832. The molecule has 2 amide bonds. The van der Waals surface area contributed by atoms with Crippen molar-refractivity contribution < 1.29 is 19.1 Å². The number of ether oxygens (including phenoxy) is 1. The lowest BCUT2D eigenvalue weighted by molar-refractivity contribution is -0.158. The molecule has 2 rings (SSSR count). The normalized spacial score (nSPS) is 15.8. The van der Waals surface area contributed by atoms with E-state index < -0.39 is 12.1 Å². The van der Waals surface area contributed by atoms with Gasteiger partial charge in [-0.15, -0.1) is 0 Å². The highest BCUT2D eigenvalue weighted by atomic mass is 16.5. The van der Waals surface area contributed by atoms with Gasteiger partial charge in [-0.2, -0.15) is 0 Å². The van der Waals surface area contributed by atoms with Gasteiger partial charge in [-0.1, -0.05) is 31.0 Å². The van der Waals surface area contributed by atoms with Crippen LogP contribution < -0.4 is 5.32 Å². The standard InChI is InChI=1S/C19H26N2O4/c1-14-9-5-6-10-16(14)18(23)20-13-17(22)25-15(2)19(24)21-11-7-3-4-8-12-21/h5-6,9-10,15H,3-4,7-8,11-13H2,1-2H3,(H,20,23). The summed E-state index contributed by atoms with van der Waals surface area (Å²) < 4.78 is 5.18. The van der Waals surface area contributed by atoms with Crippen LogP contribution in [0.1, 0.15) is 48.5 Å². The Morgan fingerprint density at radius 1 is 1.12 bits per heavy atom. The topological polar surface area (TPSA) is 75.7 Å². The summed E-state index contributed by atoms with van der Waals surface area (Å²) in [5.41, 5.74) is 1.35. The molecule has 1 atom stereocenters. The van der Waals surface area contributed by atoms with Crippen molar-refractivity contribution in [2.45, 2.75) is 45.6 Å². The van der Waals surface area contributed by atoms with E-state index in [1.807, 2.05) is 19.1 Å². The molecule has 1 aromatic rings. The number of carbonyl (C=O) groups is 3. The zero-order valence-corrected chi connectivity index (χ0v) is 14.9. The van der Waals surface area contributed by atoms with Crippen molar-refractivity contribution in [2.24, 2.45) is 0 Å². The van der Waals surface area contributed by atoms with Crippen molar-refractivity contribution in [1.82, 2.24) is 10.2 Å². The van der Waals surface area contributed by atoms with E-state index in [-0.39, 0.29) is 18.4 Å². The minimum Gasteiger partial charge on any atom is -0.451 e. The van der Waals surface area contributed by atoms with Crippen molar-refractivity contribution >= 4 is 17.8 Å². The number of benzene rings is 1. The first-order chi connectivity index (χ1) is 12.0. The van der Waals surface area contributed by atoms with Crippen LogP contribution in [-0.2, 0) is 14.3 Å². The number of nitrogens with zero attached hydrogens (tertiary/aromatic N) is 1. The number of hydrogen-bond acceptors (Lipinski definition) is 4. The zero-order valence-electron chi connectivity index (χ0n) is 14.9. The molecule has 1 fully saturated rings. The minimum absolute atomic E-state index is 0.166. The molecule has 1 aliphatic heterocycles. The Hall–Kier alpha value is -2.37. The molecule has 0 aliphatic carbocycles. The number of likely N-dealkylation sites (tertiary alicyclic amines) is 1. The van der Waals surface area contributed by atoms with E-state index in [9.17, 15) is 14.4 Å². The van der Waals surface area contributed by atoms with Crippen LogP contribution in [0.2, 0.25) is 0 Å². The van der Waals surface area contributed by atoms with Gasteiger partial charge in [0.05, 0.1) is 0 Å². The molecule has 25 heavy (non-hydrogen) atoms. The Balaban J connectivity index is 1.80. The van der Waals surface area contributed by atoms with Gasteiger partial charge in [0.2, 0.25) is 0 Å². The summed E-state index contributed by atoms with van der Waals surface area (Å²) in [7, 11) is 0. The maximum absolute atomic E-state index is 12.4. The van der Waals surface area contributed by atoms with Gasteiger partial charge in [0.1, 0.15) is 6.54 Å². The predicted molar refractivity (Wildman–Crippen MR) is 94.1 cm³/mol. The van der Waals surface area contributed by atoms with Gasteiger partial charge >= 0.3 is 5.97 Å². The quantitative estimate of drug-likeness (QED) is 0.828. The van der Waals surface area contributed by atoms with E-state index in [0.717, 1.165) is 31.2 Å². The van der Waals surface area contributed by atoms with Crippen molar-refractivity contribution in [1.29, 1.82) is 0 Å². The largest absolute Gasteiger partial charge is 0.451 e. The third-order valence-electron chi connectivity index (χ3n) is 4.36. The van der Waals surface area contributed by atoms with Crippen molar-refractivity contribution in [2.75, 3.05) is 19.6 Å². The second-order valence-electron chi connectivity index (χ2n) is 6.37. The highest BCUT2D eigenvalue weighted by Crippen LogP contribution is 2.12. The first-order valence-corrected chi connectivity index (χ1v) is 8.81. The number of aryl methyl sites for hydroxylation is 1. The number of nitrogens with one attached hydrogen (secondary N) is 1. The molecule has 1 N–H and O–H groups in total. The molecule has 1 unspecified atom stereocenters. The summed E-state index contributed by atoms with van der Waals surface area (Å²) in [5, 5.41) is 2.54. The summed E-state index contributed by atoms with van der Waals surface area (Å²) >= 11 is 0. The van der Waals surface area contributed by atoms with Gasteiger partial charge in [0.25, 0.3) is 11.8 Å². The van der Waals surface area contributed by atoms with Gasteiger partial charge in [0, 0.05) is 18.7 Å². The van der Waals surface area contributed by atoms with E-state index in [4.69, 9.17) is 4.74 Å². The van der Waals surface area contributed by atoms with E-state index in [2.05, 4.69) is 5.32 Å². The Morgan fingerprint density at radius 3 is 2.40 bits per heavy atom. The van der Waals surface area contributed by atoms with Crippen LogP contribution in [0, 0.1) is 6.92 Å². The average Bonchev–Trinajstić information content (AvgIpc) is 2.88. The van der Waals surface area contributed by atoms with Gasteiger partial charge < -0.3 is 15.0 Å². The van der Waals surface area contributed by atoms with Crippen LogP contribution in [0.15, 0.2) is 24.3 Å². The smallest absolute Gasteiger partial charge is 0.326 e. The number of hydrogen-bond donors (Lipinski definition) is 1. The maximum Gasteiger partial charge on any atom is 0.326 e. The van der Waals surface area contributed by atoms with Crippen LogP contribution in [-0.4, -0.2) is 48.4 Å². The lowest BCUT2D eigenvalue weighted by Gasteiger charge is -2.24. The number of esters is 1. The molecule has 6 heteroatoms. The second-order valence-corrected chi connectivity index (χ2v) is 6.37. The van der Waals surface area contributed by atoms with E-state index in [1.165, 1.54) is 0 Å². The molecule has 1 heterocycles. The monoisotopic (exact) mass is 346 g/mol. The lowest BCUT2D eigenvalue weighted by Crippen LogP contribution is -2.42. The molecule has 1 aromatic carbocycles. The number of carbonyl (C=O) groups excluding carboxylic acids is 3. The summed E-state index contributed by atoms with van der Waals surface area (Å²) in [6, 6.07) is 7.13. The first-order valence-electron chi connectivity index (χ1n) is 8.81. The van der Waals surface area contributed by atoms with Gasteiger partial charge in [0.15, 0.2) is 6.10 Å². The lowest BCUT2D eigenvalue weighted by atomic mass is 10.1. The fourth-order valence-electron chi connectivity index (χ4n) is 2.91. The molecular formula is C19H26N2O4. The van der Waals surface area contributed by atoms with Crippen LogP contribution in [0.4, 0.5) is 0 Å². The Kier molecular flexibility index (Phi) is 6.98. The SMILES string of the molecule is Cc1ccccc1C(=O)NCC(=O)OC(C)C(=O)N1CCCCCC1. The van der Waals surface area contributed by atoms with Crippen LogP contribution in [0.25, 0.3) is 0 Å². The summed E-state index contributed by atoms with van der Waals surface area (Å²) in [6.45, 7) is 4.57. The second kappa shape index (κ2) is 9.20. The first kappa shape index (κ1) is 19.0. The van der Waals surface area contributed by atoms with Crippen molar-refractivity contribution in [3.63, 3.8) is 0 Å². The van der Waals surface area contributed by atoms with Crippen molar-refractivity contribution in [3.05, 3.63) is 35.4 Å². The molecule has 6 nitrogen and oxygen atoms in total. The van der Waals surface area contributed by atoms with Gasteiger partial charge in [-0.05, 0) is 38.3 Å². The molecule has 1 saturated heterocycles. The van der Waals surface area contributed by atoms with Gasteiger partial charge in [-0.3, -0.25) is 14.4 Å². The third kappa shape index (κ3) is 5.59. The summed E-state index contributed by atoms with van der Waals surface area (Å²) in [5.74, 6) is -1.11. The predicted octanol–water partition coefficient (Wildman–Crippen LogP) is 2.06. The zero-order chi connectivity index (χ0) is 18.2. The van der Waals surface area contributed by atoms with Gasteiger partial charge in [-0.25, -0.2) is 0 Å². The van der Waals surface area contributed by atoms with Crippen LogP contribution in [0.3, 0.4) is 0 Å². The van der Waals surface area contributed by atoms with E-state index >= 15 is 0 Å². The third-order valence-corrected chi connectivity index (χ3v) is 4.36. The molecule has 136 valence electrons. The van der Waals surface area contributed by atoms with E-state index in [0.29, 0.717) is 18.7 Å². The molecule has 0 spiro atoms. The average molecular weight is 346 g/mol. The van der Waals surface area contributed by atoms with E-state index in [1.54, 1.807) is 24.0 Å². The Labute approximate surface area is 148 Å². The fraction of sp³-hybridized carbons (Fsp3) is 0.526. The number of rotatable bonds is 5. The molecule has 0 aromatic heterocycles. The Morgan fingerprint density at radius 2 is 1.76 bits per heavy atom. The van der Waals surface area contributed by atoms with Crippen LogP contribution >= 0.6 is 0 Å². The highest BCUT2D eigenvalue weighted by Gasteiger charge is 2.24. The summed E-state index contributed by atoms with van der Waals surface area (Å²) in [4.78, 5) is 38.1. The molecule has 0 radical (unpaired) electrons. The number of amides is 2. The molecule has 0 bridgehead atoms.